The minimum Gasteiger partial charge on any atom is -0.494 e. The normalized spacial score (nSPS) is 15.1. The van der Waals surface area contributed by atoms with Crippen molar-refractivity contribution in [3.63, 3.8) is 0 Å². The first kappa shape index (κ1) is 16.2. The van der Waals surface area contributed by atoms with Crippen LogP contribution in [0.1, 0.15) is 51.0 Å². The lowest BCUT2D eigenvalue weighted by molar-refractivity contribution is -0.116. The first-order valence-electron chi connectivity index (χ1n) is 7.84. The molecule has 1 saturated carbocycles. The molecule has 3 nitrogen and oxygen atoms in total. The Morgan fingerprint density at radius 1 is 1.38 bits per heavy atom. The molecule has 1 aliphatic carbocycles. The maximum atomic E-state index is 12.0. The van der Waals surface area contributed by atoms with Crippen LogP contribution in [0.25, 0.3) is 0 Å². The van der Waals surface area contributed by atoms with E-state index in [-0.39, 0.29) is 5.91 Å². The minimum atomic E-state index is 0.0894. The molecule has 4 heteroatoms. The molecule has 2 rings (SSSR count). The molecular formula is C17H24ClNO2. The molecule has 1 amide bonds. The highest BCUT2D eigenvalue weighted by molar-refractivity contribution is 6.17. The number of benzene rings is 1. The van der Waals surface area contributed by atoms with Crippen LogP contribution in [0.5, 0.6) is 5.75 Å². The smallest absolute Gasteiger partial charge is 0.224 e. The van der Waals surface area contributed by atoms with E-state index in [0.717, 1.165) is 29.3 Å². The van der Waals surface area contributed by atoms with Crippen LogP contribution >= 0.6 is 11.6 Å². The van der Waals surface area contributed by atoms with Crippen LogP contribution in [0, 0.1) is 5.92 Å². The fourth-order valence-electron chi connectivity index (χ4n) is 2.92. The molecule has 1 aliphatic rings. The van der Waals surface area contributed by atoms with E-state index in [1.165, 1.54) is 25.7 Å². The Morgan fingerprint density at radius 3 is 2.81 bits per heavy atom. The maximum Gasteiger partial charge on any atom is 0.224 e. The van der Waals surface area contributed by atoms with E-state index in [1.54, 1.807) is 0 Å². The number of rotatable bonds is 7. The summed E-state index contributed by atoms with van der Waals surface area (Å²) in [5, 5.41) is 2.96. The van der Waals surface area contributed by atoms with Gasteiger partial charge in [-0.25, -0.2) is 0 Å². The van der Waals surface area contributed by atoms with E-state index in [0.29, 0.717) is 18.9 Å². The number of amides is 1. The van der Waals surface area contributed by atoms with Crippen LogP contribution in [0.4, 0.5) is 5.69 Å². The first-order valence-corrected chi connectivity index (χ1v) is 8.38. The van der Waals surface area contributed by atoms with Crippen molar-refractivity contribution in [3.8, 4) is 5.75 Å². The van der Waals surface area contributed by atoms with Gasteiger partial charge in [-0.2, -0.15) is 0 Å². The SMILES string of the molecule is CCOc1ccc(NC(=O)CCC2CCCC2)cc1CCl. The Bertz CT molecular complexity index is 470. The minimum absolute atomic E-state index is 0.0894. The van der Waals surface area contributed by atoms with Crippen molar-refractivity contribution in [2.45, 2.75) is 51.3 Å². The molecule has 0 spiro atoms. The molecule has 1 aromatic rings. The lowest BCUT2D eigenvalue weighted by Crippen LogP contribution is -2.13. The highest BCUT2D eigenvalue weighted by Gasteiger charge is 2.16. The molecular weight excluding hydrogens is 286 g/mol. The Balaban J connectivity index is 1.87. The molecule has 0 heterocycles. The van der Waals surface area contributed by atoms with Gasteiger partial charge in [0.25, 0.3) is 0 Å². The average molecular weight is 310 g/mol. The Labute approximate surface area is 132 Å². The van der Waals surface area contributed by atoms with Crippen LogP contribution in [0.2, 0.25) is 0 Å². The van der Waals surface area contributed by atoms with E-state index in [9.17, 15) is 4.79 Å². The molecule has 21 heavy (non-hydrogen) atoms. The first-order chi connectivity index (χ1) is 10.2. The molecule has 1 N–H and O–H groups in total. The zero-order chi connectivity index (χ0) is 15.1. The topological polar surface area (TPSA) is 38.3 Å². The summed E-state index contributed by atoms with van der Waals surface area (Å²) in [7, 11) is 0. The Morgan fingerprint density at radius 2 is 2.14 bits per heavy atom. The van der Waals surface area contributed by atoms with Gasteiger partial charge in [0.2, 0.25) is 5.91 Å². The fraction of sp³-hybridized carbons (Fsp3) is 0.588. The zero-order valence-electron chi connectivity index (χ0n) is 12.7. The number of ether oxygens (including phenoxy) is 1. The third-order valence-electron chi connectivity index (χ3n) is 4.04. The van der Waals surface area contributed by atoms with E-state index >= 15 is 0 Å². The molecule has 0 aromatic heterocycles. The maximum absolute atomic E-state index is 12.0. The van der Waals surface area contributed by atoms with Gasteiger partial charge >= 0.3 is 0 Å². The van der Waals surface area contributed by atoms with Crippen LogP contribution < -0.4 is 10.1 Å². The van der Waals surface area contributed by atoms with Crippen molar-refractivity contribution in [1.82, 2.24) is 0 Å². The molecule has 1 aromatic carbocycles. The quantitative estimate of drug-likeness (QED) is 0.739. The fourth-order valence-corrected chi connectivity index (χ4v) is 3.12. The van der Waals surface area contributed by atoms with Crippen molar-refractivity contribution in [3.05, 3.63) is 23.8 Å². The number of carbonyl (C=O) groups is 1. The highest BCUT2D eigenvalue weighted by Crippen LogP contribution is 2.29. The van der Waals surface area contributed by atoms with Gasteiger partial charge in [0.15, 0.2) is 0 Å². The van der Waals surface area contributed by atoms with Gasteiger partial charge in [0, 0.05) is 17.7 Å². The molecule has 0 radical (unpaired) electrons. The van der Waals surface area contributed by atoms with Crippen LogP contribution in [0.3, 0.4) is 0 Å². The average Bonchev–Trinajstić information content (AvgIpc) is 3.00. The van der Waals surface area contributed by atoms with E-state index in [2.05, 4.69) is 5.32 Å². The van der Waals surface area contributed by atoms with Gasteiger partial charge in [-0.15, -0.1) is 11.6 Å². The van der Waals surface area contributed by atoms with Crippen LogP contribution in [-0.2, 0) is 10.7 Å². The summed E-state index contributed by atoms with van der Waals surface area (Å²) in [6.45, 7) is 2.55. The summed E-state index contributed by atoms with van der Waals surface area (Å²) in [4.78, 5) is 12.0. The second kappa shape index (κ2) is 8.28. The zero-order valence-corrected chi connectivity index (χ0v) is 13.4. The van der Waals surface area contributed by atoms with Crippen molar-refractivity contribution >= 4 is 23.2 Å². The number of hydrogen-bond acceptors (Lipinski definition) is 2. The third kappa shape index (κ3) is 4.92. The van der Waals surface area contributed by atoms with Crippen molar-refractivity contribution < 1.29 is 9.53 Å². The Hall–Kier alpha value is -1.22. The van der Waals surface area contributed by atoms with Crippen LogP contribution in [0.15, 0.2) is 18.2 Å². The number of hydrogen-bond donors (Lipinski definition) is 1. The van der Waals surface area contributed by atoms with Crippen molar-refractivity contribution in [1.29, 1.82) is 0 Å². The molecule has 116 valence electrons. The lowest BCUT2D eigenvalue weighted by Gasteiger charge is -2.12. The summed E-state index contributed by atoms with van der Waals surface area (Å²) in [6.07, 6.45) is 6.83. The summed E-state index contributed by atoms with van der Waals surface area (Å²) >= 11 is 5.93. The van der Waals surface area contributed by atoms with Gasteiger partial charge in [-0.3, -0.25) is 4.79 Å². The van der Waals surface area contributed by atoms with Gasteiger partial charge < -0.3 is 10.1 Å². The third-order valence-corrected chi connectivity index (χ3v) is 4.33. The number of carbonyl (C=O) groups excluding carboxylic acids is 1. The van der Waals surface area contributed by atoms with Crippen molar-refractivity contribution in [2.75, 3.05) is 11.9 Å². The molecule has 1 fully saturated rings. The van der Waals surface area contributed by atoms with E-state index < -0.39 is 0 Å². The van der Waals surface area contributed by atoms with Crippen LogP contribution in [-0.4, -0.2) is 12.5 Å². The second-order valence-corrected chi connectivity index (χ2v) is 5.89. The molecule has 0 atom stereocenters. The molecule has 0 unspecified atom stereocenters. The summed E-state index contributed by atoms with van der Waals surface area (Å²) < 4.78 is 5.51. The van der Waals surface area contributed by atoms with Gasteiger partial charge in [0.1, 0.15) is 5.75 Å². The van der Waals surface area contributed by atoms with Crippen molar-refractivity contribution in [2.24, 2.45) is 5.92 Å². The Kier molecular flexibility index (Phi) is 6.37. The monoisotopic (exact) mass is 309 g/mol. The van der Waals surface area contributed by atoms with Gasteiger partial charge in [-0.05, 0) is 37.5 Å². The molecule has 0 bridgehead atoms. The molecule has 0 saturated heterocycles. The van der Waals surface area contributed by atoms with Gasteiger partial charge in [-0.1, -0.05) is 25.7 Å². The standard InChI is InChI=1S/C17H24ClNO2/c1-2-21-16-9-8-15(11-14(16)12-18)19-17(20)10-7-13-5-3-4-6-13/h8-9,11,13H,2-7,10,12H2,1H3,(H,19,20). The van der Waals surface area contributed by atoms with E-state index in [1.807, 2.05) is 25.1 Å². The summed E-state index contributed by atoms with van der Waals surface area (Å²) in [5.41, 5.74) is 1.71. The predicted octanol–water partition coefficient (Wildman–Crippen LogP) is 4.73. The van der Waals surface area contributed by atoms with Gasteiger partial charge in [0.05, 0.1) is 12.5 Å². The predicted molar refractivity (Wildman–Crippen MR) is 87.0 cm³/mol. The number of halogens is 1. The number of alkyl halides is 1. The number of nitrogens with one attached hydrogen (secondary N) is 1. The molecule has 0 aliphatic heterocycles. The lowest BCUT2D eigenvalue weighted by atomic mass is 10.0. The van der Waals surface area contributed by atoms with E-state index in [4.69, 9.17) is 16.3 Å². The number of anilines is 1. The second-order valence-electron chi connectivity index (χ2n) is 5.63. The summed E-state index contributed by atoms with van der Waals surface area (Å²) in [6, 6.07) is 5.63. The highest BCUT2D eigenvalue weighted by atomic mass is 35.5. The largest absolute Gasteiger partial charge is 0.494 e. The summed E-state index contributed by atoms with van der Waals surface area (Å²) in [5.74, 6) is 2.00.